The number of nitrogens with zero attached hydrogens (tertiary/aromatic N) is 1. The Hall–Kier alpha value is -2.85. The number of hydrogen-bond acceptors (Lipinski definition) is 12. The fourth-order valence-corrected chi connectivity index (χ4v) is 9.41. The van der Waals surface area contributed by atoms with Crippen molar-refractivity contribution in [2.75, 3.05) is 27.4 Å². The largest absolute Gasteiger partial charge is 0.456 e. The molecule has 2 saturated heterocycles. The third-order valence-corrected chi connectivity index (χ3v) is 13.2. The number of ether oxygens (including phenoxy) is 5. The minimum Gasteiger partial charge on any atom is -0.456 e. The number of ketones is 2. The monoisotopic (exact) mass is 835 g/mol. The van der Waals surface area contributed by atoms with Crippen LogP contribution in [0.15, 0.2) is 36.0 Å². The van der Waals surface area contributed by atoms with Gasteiger partial charge in [0.1, 0.15) is 30.2 Å². The summed E-state index contributed by atoms with van der Waals surface area (Å²) < 4.78 is 46.0. The Bertz CT molecular complexity index is 1540. The number of aliphatic hydroxyl groups is 3. The number of rotatable bonds is 8. The SMILES string of the molecule is C=CCOC1CC(C=C(C)C2OC(=O)C3CCCCN3C(=O)C(=O)C3(O)OC(C(OC)CC(C)C(F)/C(C)=C/C(CC)C(=O)CC(O)C2C)C(OC)CC3C)CCC1O. The van der Waals surface area contributed by atoms with Crippen LogP contribution in [-0.4, -0.2) is 132 Å². The Balaban J connectivity index is 1.78. The second-order valence-electron chi connectivity index (χ2n) is 17.5. The fourth-order valence-electron chi connectivity index (χ4n) is 9.41. The maximum absolute atomic E-state index is 16.2. The van der Waals surface area contributed by atoms with Gasteiger partial charge in [0.05, 0.1) is 37.1 Å². The number of Topliss-reactive ketones (excluding diaryl/α,β-unsaturated/α-hetero) is 2. The average molecular weight is 836 g/mol. The predicted octanol–water partition coefficient (Wildman–Crippen LogP) is 4.98. The minimum absolute atomic E-state index is 0.0441. The molecule has 0 spiro atoms. The molecule has 15 unspecified atom stereocenters. The zero-order valence-corrected chi connectivity index (χ0v) is 36.3. The highest BCUT2D eigenvalue weighted by atomic mass is 19.1. The zero-order valence-electron chi connectivity index (χ0n) is 36.3. The van der Waals surface area contributed by atoms with Gasteiger partial charge in [-0.25, -0.2) is 9.18 Å². The van der Waals surface area contributed by atoms with Crippen molar-refractivity contribution in [2.24, 2.45) is 29.6 Å². The number of carbonyl (C=O) groups is 4. The lowest BCUT2D eigenvalue weighted by Crippen LogP contribution is -2.64. The number of halogens is 1. The van der Waals surface area contributed by atoms with Crippen molar-refractivity contribution in [3.63, 3.8) is 0 Å². The first kappa shape index (κ1) is 48.8. The van der Waals surface area contributed by atoms with Crippen LogP contribution in [0.4, 0.5) is 4.39 Å². The van der Waals surface area contributed by atoms with Gasteiger partial charge in [-0.05, 0) is 94.6 Å². The van der Waals surface area contributed by atoms with E-state index >= 15 is 4.39 Å². The van der Waals surface area contributed by atoms with Gasteiger partial charge in [0, 0.05) is 44.9 Å². The van der Waals surface area contributed by atoms with Crippen LogP contribution >= 0.6 is 0 Å². The Morgan fingerprint density at radius 2 is 1.68 bits per heavy atom. The first-order valence-corrected chi connectivity index (χ1v) is 21.6. The average Bonchev–Trinajstić information content (AvgIpc) is 3.22. The molecule has 4 aliphatic rings. The predicted molar refractivity (Wildman–Crippen MR) is 217 cm³/mol. The summed E-state index contributed by atoms with van der Waals surface area (Å²) in [5.41, 5.74) is 0.932. The van der Waals surface area contributed by atoms with Crippen molar-refractivity contribution in [3.8, 4) is 0 Å². The molecule has 2 bridgehead atoms. The number of amides is 1. The minimum atomic E-state index is -2.61. The van der Waals surface area contributed by atoms with E-state index in [1.807, 2.05) is 13.0 Å². The Morgan fingerprint density at radius 1 is 1.00 bits per heavy atom. The summed E-state index contributed by atoms with van der Waals surface area (Å²) in [7, 11) is 2.87. The van der Waals surface area contributed by atoms with Crippen LogP contribution in [0.25, 0.3) is 0 Å². The molecule has 334 valence electrons. The molecular formula is C45H70FNO12. The topological polar surface area (TPSA) is 178 Å². The smallest absolute Gasteiger partial charge is 0.329 e. The second kappa shape index (κ2) is 21.8. The molecule has 3 heterocycles. The summed E-state index contributed by atoms with van der Waals surface area (Å²) >= 11 is 0. The lowest BCUT2D eigenvalue weighted by molar-refractivity contribution is -0.302. The molecule has 0 aromatic rings. The molecule has 0 radical (unpaired) electrons. The molecule has 14 heteroatoms. The number of esters is 1. The molecule has 0 aromatic carbocycles. The first-order valence-electron chi connectivity index (χ1n) is 21.6. The van der Waals surface area contributed by atoms with Crippen LogP contribution in [0.1, 0.15) is 106 Å². The van der Waals surface area contributed by atoms with E-state index in [0.717, 1.165) is 4.90 Å². The second-order valence-corrected chi connectivity index (χ2v) is 17.5. The lowest BCUT2D eigenvalue weighted by Gasteiger charge is -2.47. The molecule has 1 aliphatic carbocycles. The normalized spacial score (nSPS) is 41.3. The van der Waals surface area contributed by atoms with Crippen LogP contribution in [0.3, 0.4) is 0 Å². The Labute approximate surface area is 349 Å². The molecule has 4 rings (SSSR count). The van der Waals surface area contributed by atoms with E-state index in [0.29, 0.717) is 49.7 Å². The Kier molecular flexibility index (Phi) is 18.0. The standard InChI is InChI=1S/C45H70FNO12/c1-10-18-57-36-23-30(15-16-33(36)48)19-27(5)40-29(7)34(49)24-35(50)31(11-2)20-25(3)39(46)26(4)21-37(55-8)41-38(56-9)22-28(6)45(54,59-41)42(51)43(52)47-17-13-12-14-32(47)44(53)58-40/h10,19-20,26,28-34,36-41,48-49,54H,1,11-18,21-24H2,2-9H3/b25-20+,27-19?. The van der Waals surface area contributed by atoms with Gasteiger partial charge in [-0.3, -0.25) is 14.4 Å². The maximum atomic E-state index is 16.2. The van der Waals surface area contributed by atoms with E-state index in [1.165, 1.54) is 14.2 Å². The molecule has 3 N–H and O–H groups in total. The van der Waals surface area contributed by atoms with Gasteiger partial charge >= 0.3 is 5.97 Å². The zero-order chi connectivity index (χ0) is 43.8. The summed E-state index contributed by atoms with van der Waals surface area (Å²) in [6, 6.07) is -1.19. The number of aliphatic hydroxyl groups excluding tert-OH is 2. The van der Waals surface area contributed by atoms with Crippen molar-refractivity contribution in [1.29, 1.82) is 0 Å². The number of fused-ring (bicyclic) bond motifs is 3. The van der Waals surface area contributed by atoms with Crippen molar-refractivity contribution < 1.29 is 62.6 Å². The van der Waals surface area contributed by atoms with Gasteiger partial charge in [-0.1, -0.05) is 45.9 Å². The molecule has 59 heavy (non-hydrogen) atoms. The Morgan fingerprint density at radius 3 is 2.32 bits per heavy atom. The maximum Gasteiger partial charge on any atom is 0.329 e. The number of methoxy groups -OCH3 is 2. The number of alkyl halides is 1. The lowest BCUT2D eigenvalue weighted by atomic mass is 9.81. The number of piperidine rings is 1. The van der Waals surface area contributed by atoms with E-state index in [2.05, 4.69) is 6.58 Å². The van der Waals surface area contributed by atoms with Gasteiger partial charge in [-0.15, -0.1) is 6.58 Å². The van der Waals surface area contributed by atoms with Gasteiger partial charge in [0.2, 0.25) is 5.79 Å². The first-order chi connectivity index (χ1) is 27.9. The fraction of sp³-hybridized carbons (Fsp3) is 0.778. The quantitative estimate of drug-likeness (QED) is 0.170. The van der Waals surface area contributed by atoms with E-state index in [1.54, 1.807) is 46.8 Å². The van der Waals surface area contributed by atoms with E-state index < -0.39 is 102 Å². The third-order valence-electron chi connectivity index (χ3n) is 13.2. The number of allylic oxidation sites excluding steroid dienone is 3. The van der Waals surface area contributed by atoms with Gasteiger partial charge in [0.25, 0.3) is 11.7 Å². The van der Waals surface area contributed by atoms with Crippen molar-refractivity contribution in [1.82, 2.24) is 4.90 Å². The van der Waals surface area contributed by atoms with Crippen molar-refractivity contribution >= 4 is 23.4 Å². The van der Waals surface area contributed by atoms with Gasteiger partial charge in [-0.2, -0.15) is 0 Å². The summed E-state index contributed by atoms with van der Waals surface area (Å²) in [5, 5.41) is 34.3. The van der Waals surface area contributed by atoms with Crippen LogP contribution in [0, 0.1) is 29.6 Å². The number of hydrogen-bond donors (Lipinski definition) is 3. The molecular weight excluding hydrogens is 765 g/mol. The van der Waals surface area contributed by atoms with E-state index in [9.17, 15) is 34.5 Å². The van der Waals surface area contributed by atoms with Gasteiger partial charge in [0.15, 0.2) is 0 Å². The number of cyclic esters (lactones) is 1. The highest BCUT2D eigenvalue weighted by Crippen LogP contribution is 2.39. The molecule has 3 aliphatic heterocycles. The summed E-state index contributed by atoms with van der Waals surface area (Å²) in [4.78, 5) is 57.7. The van der Waals surface area contributed by atoms with E-state index in [4.69, 9.17) is 23.7 Å². The highest BCUT2D eigenvalue weighted by Gasteiger charge is 2.57. The summed E-state index contributed by atoms with van der Waals surface area (Å²) in [6.07, 6.45) is 0.774. The van der Waals surface area contributed by atoms with Crippen LogP contribution in [-0.2, 0) is 42.9 Å². The third kappa shape index (κ3) is 11.5. The molecule has 15 atom stereocenters. The molecule has 1 amide bonds. The van der Waals surface area contributed by atoms with Gasteiger partial charge < -0.3 is 43.9 Å². The highest BCUT2D eigenvalue weighted by molar-refractivity contribution is 6.39. The van der Waals surface area contributed by atoms with Crippen LogP contribution in [0.5, 0.6) is 0 Å². The molecule has 1 saturated carbocycles. The molecule has 3 fully saturated rings. The molecule has 13 nitrogen and oxygen atoms in total. The summed E-state index contributed by atoms with van der Waals surface area (Å²) in [6.45, 7) is 14.2. The van der Waals surface area contributed by atoms with Crippen molar-refractivity contribution in [3.05, 3.63) is 36.0 Å². The van der Waals surface area contributed by atoms with Crippen LogP contribution in [0.2, 0.25) is 0 Å². The summed E-state index contributed by atoms with van der Waals surface area (Å²) in [5.74, 6) is -9.19. The van der Waals surface area contributed by atoms with E-state index in [-0.39, 0.29) is 50.5 Å². The molecule has 0 aromatic heterocycles. The van der Waals surface area contributed by atoms with Crippen LogP contribution < -0.4 is 0 Å². The van der Waals surface area contributed by atoms with Crippen molar-refractivity contribution in [2.45, 2.75) is 166 Å². The number of carbonyl (C=O) groups excluding carboxylic acids is 4.